The number of nitrogen functional groups attached to an aromatic ring is 1. The van der Waals surface area contributed by atoms with Crippen molar-refractivity contribution in [3.05, 3.63) is 24.5 Å². The summed E-state index contributed by atoms with van der Waals surface area (Å²) >= 11 is 0. The molecule has 0 saturated heterocycles. The van der Waals surface area contributed by atoms with Crippen LogP contribution >= 0.6 is 0 Å². The summed E-state index contributed by atoms with van der Waals surface area (Å²) in [6, 6.07) is 1.78. The van der Waals surface area contributed by atoms with Gasteiger partial charge in [0, 0.05) is 19.3 Å². The van der Waals surface area contributed by atoms with E-state index in [1.807, 2.05) is 18.5 Å². The maximum absolute atomic E-state index is 5.83. The molecule has 0 aliphatic carbocycles. The van der Waals surface area contributed by atoms with Gasteiger partial charge in [-0.3, -0.25) is 4.99 Å². The second kappa shape index (κ2) is 4.00. The summed E-state index contributed by atoms with van der Waals surface area (Å²) in [7, 11) is 3.49. The molecule has 0 amide bonds. The van der Waals surface area contributed by atoms with Crippen LogP contribution in [0.25, 0.3) is 0 Å². The lowest BCUT2D eigenvalue weighted by Crippen LogP contribution is -2.06. The summed E-state index contributed by atoms with van der Waals surface area (Å²) in [5.74, 6) is 0.719. The van der Waals surface area contributed by atoms with E-state index >= 15 is 0 Å². The predicted octanol–water partition coefficient (Wildman–Crippen LogP) is 1.57. The quantitative estimate of drug-likeness (QED) is 0.741. The van der Waals surface area contributed by atoms with Gasteiger partial charge in [0.15, 0.2) is 5.88 Å². The highest BCUT2D eigenvalue weighted by molar-refractivity contribution is 6.02. The van der Waals surface area contributed by atoms with Crippen molar-refractivity contribution in [2.24, 2.45) is 12.0 Å². The van der Waals surface area contributed by atoms with Gasteiger partial charge >= 0.3 is 0 Å². The topological polar surface area (TPSA) is 52.5 Å². The molecule has 14 heavy (non-hydrogen) atoms. The molecule has 0 spiro atoms. The molecule has 1 heterocycles. The van der Waals surface area contributed by atoms with Crippen LogP contribution in [0.5, 0.6) is 5.88 Å². The van der Waals surface area contributed by atoms with Crippen LogP contribution in [-0.4, -0.2) is 17.4 Å². The zero-order chi connectivity index (χ0) is 10.7. The molecule has 4 heteroatoms. The highest BCUT2D eigenvalue weighted by Crippen LogP contribution is 2.23. The number of ether oxygens (including phenoxy) is 1. The minimum Gasteiger partial charge on any atom is -0.482 e. The van der Waals surface area contributed by atoms with E-state index in [-0.39, 0.29) is 0 Å². The first-order chi connectivity index (χ1) is 6.61. The first kappa shape index (κ1) is 10.4. The van der Waals surface area contributed by atoms with Crippen molar-refractivity contribution in [3.63, 3.8) is 0 Å². The van der Waals surface area contributed by atoms with E-state index in [0.717, 1.165) is 17.3 Å². The number of nitrogens with two attached hydrogens (primary N) is 1. The molecule has 0 aliphatic heterocycles. The summed E-state index contributed by atoms with van der Waals surface area (Å²) in [6.45, 7) is 5.43. The van der Waals surface area contributed by atoms with E-state index in [2.05, 4.69) is 11.6 Å². The van der Waals surface area contributed by atoms with Crippen LogP contribution < -0.4 is 10.5 Å². The van der Waals surface area contributed by atoms with Gasteiger partial charge < -0.3 is 15.0 Å². The highest BCUT2D eigenvalue weighted by atomic mass is 16.5. The minimum atomic E-state index is 0.660. The molecule has 0 radical (unpaired) electrons. The van der Waals surface area contributed by atoms with Crippen molar-refractivity contribution < 1.29 is 4.74 Å². The van der Waals surface area contributed by atoms with Crippen LogP contribution in [0.1, 0.15) is 12.6 Å². The average molecular weight is 193 g/mol. The number of rotatable bonds is 3. The molecule has 1 aromatic heterocycles. The molecule has 0 unspecified atom stereocenters. The van der Waals surface area contributed by atoms with Gasteiger partial charge in [0.25, 0.3) is 0 Å². The van der Waals surface area contributed by atoms with Gasteiger partial charge in [0.1, 0.15) is 0 Å². The van der Waals surface area contributed by atoms with Gasteiger partial charge in [-0.2, -0.15) is 0 Å². The maximum Gasteiger partial charge on any atom is 0.195 e. The summed E-state index contributed by atoms with van der Waals surface area (Å²) in [5, 5.41) is 0. The number of nitrogens with zero attached hydrogens (tertiary/aromatic N) is 2. The zero-order valence-corrected chi connectivity index (χ0v) is 8.74. The second-order valence-electron chi connectivity index (χ2n) is 2.95. The SMILES string of the molecule is C=CN=C(C)c1c(N)cc(OC)n1C. The molecule has 1 rings (SSSR count). The van der Waals surface area contributed by atoms with E-state index in [0.29, 0.717) is 5.69 Å². The Morgan fingerprint density at radius 3 is 2.79 bits per heavy atom. The van der Waals surface area contributed by atoms with E-state index in [4.69, 9.17) is 10.5 Å². The van der Waals surface area contributed by atoms with E-state index in [1.54, 1.807) is 13.2 Å². The third-order valence-electron chi connectivity index (χ3n) is 2.06. The minimum absolute atomic E-state index is 0.660. The molecule has 1 aromatic rings. The fourth-order valence-electron chi connectivity index (χ4n) is 1.45. The molecule has 0 fully saturated rings. The molecule has 0 aliphatic rings. The second-order valence-corrected chi connectivity index (χ2v) is 2.95. The third kappa shape index (κ3) is 1.64. The van der Waals surface area contributed by atoms with Crippen LogP contribution in [-0.2, 0) is 7.05 Å². The van der Waals surface area contributed by atoms with Gasteiger partial charge in [-0.15, -0.1) is 0 Å². The summed E-state index contributed by atoms with van der Waals surface area (Å²) in [5.41, 5.74) is 8.18. The molecule has 0 aromatic carbocycles. The van der Waals surface area contributed by atoms with Gasteiger partial charge in [-0.05, 0) is 6.92 Å². The Bertz CT molecular complexity index is 377. The molecular weight excluding hydrogens is 178 g/mol. The van der Waals surface area contributed by atoms with Crippen molar-refractivity contribution >= 4 is 11.4 Å². The smallest absolute Gasteiger partial charge is 0.195 e. The molecule has 76 valence electrons. The summed E-state index contributed by atoms with van der Waals surface area (Å²) in [6.07, 6.45) is 1.49. The number of methoxy groups -OCH3 is 1. The lowest BCUT2D eigenvalue weighted by molar-refractivity contribution is 0.382. The number of hydrogen-bond donors (Lipinski definition) is 1. The standard InChI is InChI=1S/C10H15N3O/c1-5-12-7(2)10-8(11)6-9(14-4)13(10)3/h5-6H,1,11H2,2-4H3. The Balaban J connectivity index is 3.27. The van der Waals surface area contributed by atoms with Crippen molar-refractivity contribution in [1.29, 1.82) is 0 Å². The third-order valence-corrected chi connectivity index (χ3v) is 2.06. The van der Waals surface area contributed by atoms with E-state index < -0.39 is 0 Å². The fourth-order valence-corrected chi connectivity index (χ4v) is 1.45. The van der Waals surface area contributed by atoms with Crippen molar-refractivity contribution in [2.75, 3.05) is 12.8 Å². The Morgan fingerprint density at radius 2 is 2.36 bits per heavy atom. The van der Waals surface area contributed by atoms with Crippen molar-refractivity contribution in [1.82, 2.24) is 4.57 Å². The van der Waals surface area contributed by atoms with Gasteiger partial charge in [0.2, 0.25) is 0 Å². The van der Waals surface area contributed by atoms with Crippen LogP contribution in [0, 0.1) is 0 Å². The van der Waals surface area contributed by atoms with Gasteiger partial charge in [-0.1, -0.05) is 6.58 Å². The van der Waals surface area contributed by atoms with Crippen molar-refractivity contribution in [2.45, 2.75) is 6.92 Å². The van der Waals surface area contributed by atoms with Crippen LogP contribution in [0.2, 0.25) is 0 Å². The molecule has 4 nitrogen and oxygen atoms in total. The number of anilines is 1. The van der Waals surface area contributed by atoms with Crippen LogP contribution in [0.4, 0.5) is 5.69 Å². The van der Waals surface area contributed by atoms with E-state index in [9.17, 15) is 0 Å². The lowest BCUT2D eigenvalue weighted by Gasteiger charge is -2.05. The normalized spacial score (nSPS) is 11.5. The van der Waals surface area contributed by atoms with Gasteiger partial charge in [0.05, 0.1) is 24.2 Å². The Hall–Kier alpha value is -1.71. The largest absolute Gasteiger partial charge is 0.482 e. The highest BCUT2D eigenvalue weighted by Gasteiger charge is 2.12. The number of aliphatic imine (C=N–C) groups is 1. The Kier molecular flexibility index (Phi) is 2.96. The van der Waals surface area contributed by atoms with Crippen LogP contribution in [0.3, 0.4) is 0 Å². The number of hydrogen-bond acceptors (Lipinski definition) is 3. The fraction of sp³-hybridized carbons (Fsp3) is 0.300. The maximum atomic E-state index is 5.83. The molecule has 0 atom stereocenters. The van der Waals surface area contributed by atoms with Crippen LogP contribution in [0.15, 0.2) is 23.8 Å². The molecular formula is C10H15N3O. The lowest BCUT2D eigenvalue weighted by atomic mass is 10.2. The molecule has 2 N–H and O–H groups in total. The Labute approximate surface area is 83.7 Å². The monoisotopic (exact) mass is 193 g/mol. The predicted molar refractivity (Wildman–Crippen MR) is 58.8 cm³/mol. The zero-order valence-electron chi connectivity index (χ0n) is 8.74. The average Bonchev–Trinajstić information content (AvgIpc) is 2.41. The van der Waals surface area contributed by atoms with Gasteiger partial charge in [-0.25, -0.2) is 0 Å². The first-order valence-corrected chi connectivity index (χ1v) is 4.26. The Morgan fingerprint density at radius 1 is 1.71 bits per heavy atom. The molecule has 0 bridgehead atoms. The summed E-state index contributed by atoms with van der Waals surface area (Å²) in [4.78, 5) is 4.09. The number of aromatic nitrogens is 1. The summed E-state index contributed by atoms with van der Waals surface area (Å²) < 4.78 is 7.00. The van der Waals surface area contributed by atoms with Crippen molar-refractivity contribution in [3.8, 4) is 5.88 Å². The molecule has 0 saturated carbocycles. The first-order valence-electron chi connectivity index (χ1n) is 4.26. The van der Waals surface area contributed by atoms with E-state index in [1.165, 1.54) is 6.20 Å².